The molecule has 0 aliphatic rings. The summed E-state index contributed by atoms with van der Waals surface area (Å²) in [5.74, 6) is 0.527. The third-order valence-electron chi connectivity index (χ3n) is 2.53. The van der Waals surface area contributed by atoms with Gasteiger partial charge in [0.1, 0.15) is 5.75 Å². The maximum absolute atomic E-state index is 12.0. The van der Waals surface area contributed by atoms with Crippen LogP contribution in [0, 0.1) is 0 Å². The fraction of sp³-hybridized carbons (Fsp3) is 0.500. The first-order valence-corrected chi connectivity index (χ1v) is 7.46. The van der Waals surface area contributed by atoms with Gasteiger partial charge in [-0.2, -0.15) is 0 Å². The Bertz CT molecular complexity index is 385. The van der Waals surface area contributed by atoms with Crippen LogP contribution in [0.5, 0.6) is 5.75 Å². The topological polar surface area (TPSA) is 47.6 Å². The molecular weight excluding hydrogens is 310 g/mol. The van der Waals surface area contributed by atoms with E-state index in [0.29, 0.717) is 24.5 Å². The molecule has 1 aromatic rings. The van der Waals surface area contributed by atoms with Crippen LogP contribution in [0.25, 0.3) is 0 Å². The van der Waals surface area contributed by atoms with Gasteiger partial charge in [0.05, 0.1) is 12.2 Å². The first-order valence-electron chi connectivity index (χ1n) is 6.34. The number of hydrogen-bond acceptors (Lipinski definition) is 3. The molecule has 0 aliphatic carbocycles. The summed E-state index contributed by atoms with van der Waals surface area (Å²) in [7, 11) is 1.68. The molecule has 1 aromatic carbocycles. The molecule has 1 N–H and O–H groups in total. The second-order valence-electron chi connectivity index (χ2n) is 3.99. The number of para-hydroxylation sites is 1. The molecule has 1 amide bonds. The van der Waals surface area contributed by atoms with Crippen LogP contribution in [0.3, 0.4) is 0 Å². The zero-order chi connectivity index (χ0) is 13.9. The van der Waals surface area contributed by atoms with Crippen molar-refractivity contribution in [2.45, 2.75) is 12.8 Å². The maximum atomic E-state index is 12.0. The molecule has 0 saturated carbocycles. The number of nitrogens with one attached hydrogen (secondary N) is 1. The van der Waals surface area contributed by atoms with Crippen LogP contribution in [0.1, 0.15) is 23.2 Å². The Hall–Kier alpha value is -1.07. The summed E-state index contributed by atoms with van der Waals surface area (Å²) < 4.78 is 10.5. The highest BCUT2D eigenvalue weighted by Gasteiger charge is 2.10. The summed E-state index contributed by atoms with van der Waals surface area (Å²) in [5.41, 5.74) is 0.579. The van der Waals surface area contributed by atoms with Crippen molar-refractivity contribution in [2.75, 3.05) is 32.2 Å². The number of halogens is 1. The largest absolute Gasteiger partial charge is 0.492 e. The number of carbonyl (C=O) groups is 1. The van der Waals surface area contributed by atoms with Gasteiger partial charge in [-0.25, -0.2) is 0 Å². The van der Waals surface area contributed by atoms with Gasteiger partial charge >= 0.3 is 0 Å². The Labute approximate surface area is 122 Å². The van der Waals surface area contributed by atoms with Crippen LogP contribution in [-0.2, 0) is 4.74 Å². The van der Waals surface area contributed by atoms with Crippen LogP contribution in [0.15, 0.2) is 24.3 Å². The van der Waals surface area contributed by atoms with Gasteiger partial charge in [-0.1, -0.05) is 28.1 Å². The molecule has 0 fully saturated rings. The lowest BCUT2D eigenvalue weighted by Crippen LogP contribution is -2.25. The summed E-state index contributed by atoms with van der Waals surface area (Å²) in [6.45, 7) is 1.91. The van der Waals surface area contributed by atoms with E-state index in [1.807, 2.05) is 18.2 Å². The van der Waals surface area contributed by atoms with E-state index < -0.39 is 0 Å². The summed E-state index contributed by atoms with van der Waals surface area (Å²) in [4.78, 5) is 12.0. The van der Waals surface area contributed by atoms with E-state index in [4.69, 9.17) is 9.47 Å². The Kier molecular flexibility index (Phi) is 8.25. The van der Waals surface area contributed by atoms with Gasteiger partial charge in [0.25, 0.3) is 5.91 Å². The van der Waals surface area contributed by atoms with Crippen molar-refractivity contribution in [3.63, 3.8) is 0 Å². The standard InChI is InChI=1S/C14H20BrNO3/c1-18-10-5-4-9-16-14(17)12-6-2-3-7-13(12)19-11-8-15/h2-3,6-7H,4-5,8-11H2,1H3,(H,16,17). The zero-order valence-corrected chi connectivity index (χ0v) is 12.7. The molecule has 0 aromatic heterocycles. The average Bonchev–Trinajstić information content (AvgIpc) is 2.45. The minimum Gasteiger partial charge on any atom is -0.492 e. The lowest BCUT2D eigenvalue weighted by atomic mass is 10.2. The highest BCUT2D eigenvalue weighted by molar-refractivity contribution is 9.09. The molecule has 0 saturated heterocycles. The molecule has 5 heteroatoms. The lowest BCUT2D eigenvalue weighted by Gasteiger charge is -2.10. The number of amides is 1. The Morgan fingerprint density at radius 1 is 1.26 bits per heavy atom. The predicted molar refractivity (Wildman–Crippen MR) is 79.2 cm³/mol. The molecule has 1 rings (SSSR count). The highest BCUT2D eigenvalue weighted by Crippen LogP contribution is 2.17. The number of methoxy groups -OCH3 is 1. The number of rotatable bonds is 9. The summed E-state index contributed by atoms with van der Waals surface area (Å²) in [5, 5.41) is 3.62. The van der Waals surface area contributed by atoms with Gasteiger partial charge in [-0.15, -0.1) is 0 Å². The lowest BCUT2D eigenvalue weighted by molar-refractivity contribution is 0.0947. The molecule has 4 nitrogen and oxygen atoms in total. The van der Waals surface area contributed by atoms with Crippen molar-refractivity contribution in [1.29, 1.82) is 0 Å². The van der Waals surface area contributed by atoms with Gasteiger partial charge in [-0.3, -0.25) is 4.79 Å². The SMILES string of the molecule is COCCCCNC(=O)c1ccccc1OCCBr. The molecular formula is C14H20BrNO3. The second-order valence-corrected chi connectivity index (χ2v) is 4.78. The molecule has 0 radical (unpaired) electrons. The van der Waals surface area contributed by atoms with Crippen molar-refractivity contribution in [3.05, 3.63) is 29.8 Å². The minimum atomic E-state index is -0.0948. The molecule has 0 unspecified atom stereocenters. The van der Waals surface area contributed by atoms with Crippen LogP contribution >= 0.6 is 15.9 Å². The quantitative estimate of drug-likeness (QED) is 0.559. The normalized spacial score (nSPS) is 10.2. The van der Waals surface area contributed by atoms with Gasteiger partial charge in [0.15, 0.2) is 0 Å². The van der Waals surface area contributed by atoms with E-state index in [1.165, 1.54) is 0 Å². The highest BCUT2D eigenvalue weighted by atomic mass is 79.9. The fourth-order valence-electron chi connectivity index (χ4n) is 1.60. The van der Waals surface area contributed by atoms with E-state index in [1.54, 1.807) is 13.2 Å². The van der Waals surface area contributed by atoms with Crippen LogP contribution in [-0.4, -0.2) is 38.1 Å². The third-order valence-corrected chi connectivity index (χ3v) is 2.85. The van der Waals surface area contributed by atoms with Crippen molar-refractivity contribution in [2.24, 2.45) is 0 Å². The van der Waals surface area contributed by atoms with Crippen LogP contribution in [0.2, 0.25) is 0 Å². The monoisotopic (exact) mass is 329 g/mol. The van der Waals surface area contributed by atoms with Crippen molar-refractivity contribution >= 4 is 21.8 Å². The Morgan fingerprint density at radius 2 is 2.05 bits per heavy atom. The summed E-state index contributed by atoms with van der Waals surface area (Å²) in [6.07, 6.45) is 1.85. The minimum absolute atomic E-state index is 0.0948. The second kappa shape index (κ2) is 9.81. The Balaban J connectivity index is 2.46. The number of carbonyl (C=O) groups excluding carboxylic acids is 1. The number of hydrogen-bond donors (Lipinski definition) is 1. The van der Waals surface area contributed by atoms with Crippen LogP contribution in [0.4, 0.5) is 0 Å². The van der Waals surface area contributed by atoms with Gasteiger partial charge in [0.2, 0.25) is 0 Å². The van der Waals surface area contributed by atoms with Gasteiger partial charge in [0, 0.05) is 25.6 Å². The van der Waals surface area contributed by atoms with Crippen molar-refractivity contribution in [1.82, 2.24) is 5.32 Å². The summed E-state index contributed by atoms with van der Waals surface area (Å²) >= 11 is 3.30. The summed E-state index contributed by atoms with van der Waals surface area (Å²) in [6, 6.07) is 7.27. The predicted octanol–water partition coefficient (Wildman–Crippen LogP) is 2.62. The average molecular weight is 330 g/mol. The van der Waals surface area contributed by atoms with Gasteiger partial charge in [-0.05, 0) is 25.0 Å². The van der Waals surface area contributed by atoms with Gasteiger partial charge < -0.3 is 14.8 Å². The molecule has 106 valence electrons. The first kappa shape index (κ1) is 16.0. The molecule has 0 aliphatic heterocycles. The van der Waals surface area contributed by atoms with Crippen molar-refractivity contribution in [3.8, 4) is 5.75 Å². The number of ether oxygens (including phenoxy) is 2. The van der Waals surface area contributed by atoms with E-state index in [0.717, 1.165) is 24.8 Å². The van der Waals surface area contributed by atoms with Crippen LogP contribution < -0.4 is 10.1 Å². The van der Waals surface area contributed by atoms with E-state index in [-0.39, 0.29) is 5.91 Å². The zero-order valence-electron chi connectivity index (χ0n) is 11.2. The van der Waals surface area contributed by atoms with E-state index >= 15 is 0 Å². The first-order chi connectivity index (χ1) is 9.29. The number of unbranched alkanes of at least 4 members (excludes halogenated alkanes) is 1. The molecule has 0 spiro atoms. The molecule has 0 bridgehead atoms. The third kappa shape index (κ3) is 6.07. The smallest absolute Gasteiger partial charge is 0.255 e. The maximum Gasteiger partial charge on any atom is 0.255 e. The molecule has 19 heavy (non-hydrogen) atoms. The molecule has 0 atom stereocenters. The fourth-order valence-corrected chi connectivity index (χ4v) is 1.76. The number of alkyl halides is 1. The van der Waals surface area contributed by atoms with E-state index in [9.17, 15) is 4.79 Å². The molecule has 0 heterocycles. The Morgan fingerprint density at radius 3 is 2.79 bits per heavy atom. The van der Waals surface area contributed by atoms with Crippen molar-refractivity contribution < 1.29 is 14.3 Å². The van der Waals surface area contributed by atoms with E-state index in [2.05, 4.69) is 21.2 Å². The number of benzene rings is 1.